The molecule has 1 aliphatic carbocycles. The first-order valence-corrected chi connectivity index (χ1v) is 6.81. The molecule has 0 heterocycles. The van der Waals surface area contributed by atoms with E-state index >= 15 is 0 Å². The van der Waals surface area contributed by atoms with Crippen LogP contribution in [-0.2, 0) is 14.8 Å². The number of hydrogen-bond acceptors (Lipinski definition) is 4. The summed E-state index contributed by atoms with van der Waals surface area (Å²) in [6.07, 6.45) is 2.76. The third kappa shape index (κ3) is 3.46. The SMILES string of the molecule is CCCC(CN)C(=O)NS(=O)(=O)C1CC1. The molecule has 15 heavy (non-hydrogen) atoms. The van der Waals surface area contributed by atoms with Crippen LogP contribution in [0.3, 0.4) is 0 Å². The zero-order valence-corrected chi connectivity index (χ0v) is 9.72. The first kappa shape index (κ1) is 12.4. The highest BCUT2D eigenvalue weighted by atomic mass is 32.2. The van der Waals surface area contributed by atoms with Gasteiger partial charge in [0.1, 0.15) is 0 Å². The monoisotopic (exact) mass is 234 g/mol. The van der Waals surface area contributed by atoms with Gasteiger partial charge in [0.05, 0.1) is 11.2 Å². The zero-order chi connectivity index (χ0) is 11.5. The van der Waals surface area contributed by atoms with Gasteiger partial charge in [-0.05, 0) is 19.3 Å². The maximum absolute atomic E-state index is 11.5. The first-order valence-electron chi connectivity index (χ1n) is 5.26. The Labute approximate surface area is 90.5 Å². The highest BCUT2D eigenvalue weighted by molar-refractivity contribution is 7.90. The minimum Gasteiger partial charge on any atom is -0.330 e. The highest BCUT2D eigenvalue weighted by Crippen LogP contribution is 2.27. The van der Waals surface area contributed by atoms with E-state index < -0.39 is 15.9 Å². The summed E-state index contributed by atoms with van der Waals surface area (Å²) in [5, 5.41) is -0.360. The van der Waals surface area contributed by atoms with Crippen LogP contribution in [0.5, 0.6) is 0 Å². The second-order valence-electron chi connectivity index (χ2n) is 3.93. The third-order valence-corrected chi connectivity index (χ3v) is 4.33. The molecule has 88 valence electrons. The van der Waals surface area contributed by atoms with Crippen molar-refractivity contribution in [1.29, 1.82) is 0 Å². The Morgan fingerprint density at radius 3 is 2.53 bits per heavy atom. The fourth-order valence-corrected chi connectivity index (χ4v) is 2.76. The Morgan fingerprint density at radius 2 is 2.13 bits per heavy atom. The van der Waals surface area contributed by atoms with E-state index in [1.54, 1.807) is 0 Å². The van der Waals surface area contributed by atoms with Gasteiger partial charge in [-0.25, -0.2) is 8.42 Å². The summed E-state index contributed by atoms with van der Waals surface area (Å²) in [5.74, 6) is -0.838. The number of amides is 1. The van der Waals surface area contributed by atoms with E-state index in [1.807, 2.05) is 6.92 Å². The quantitative estimate of drug-likeness (QED) is 0.675. The van der Waals surface area contributed by atoms with Crippen LogP contribution in [0.1, 0.15) is 32.6 Å². The molecule has 1 fully saturated rings. The van der Waals surface area contributed by atoms with Crippen LogP contribution >= 0.6 is 0 Å². The number of hydrogen-bond donors (Lipinski definition) is 2. The van der Waals surface area contributed by atoms with Crippen LogP contribution < -0.4 is 10.5 Å². The number of sulfonamides is 1. The zero-order valence-electron chi connectivity index (χ0n) is 8.90. The van der Waals surface area contributed by atoms with Crippen molar-refractivity contribution in [2.45, 2.75) is 37.9 Å². The van der Waals surface area contributed by atoms with E-state index in [2.05, 4.69) is 4.72 Å². The average molecular weight is 234 g/mol. The summed E-state index contributed by atoms with van der Waals surface area (Å²) < 4.78 is 25.0. The molecular formula is C9H18N2O3S. The molecule has 1 amide bonds. The fourth-order valence-electron chi connectivity index (χ4n) is 1.39. The van der Waals surface area contributed by atoms with Gasteiger partial charge in [0, 0.05) is 6.54 Å². The average Bonchev–Trinajstić information content (AvgIpc) is 2.95. The Balaban J connectivity index is 2.52. The first-order chi connectivity index (χ1) is 7.01. The molecule has 1 atom stereocenters. The largest absolute Gasteiger partial charge is 0.330 e. The molecule has 0 radical (unpaired) electrons. The molecule has 1 saturated carbocycles. The maximum Gasteiger partial charge on any atom is 0.237 e. The normalized spacial score (nSPS) is 18.5. The Morgan fingerprint density at radius 1 is 1.53 bits per heavy atom. The number of carbonyl (C=O) groups is 1. The molecule has 0 aliphatic heterocycles. The van der Waals surface area contributed by atoms with Crippen molar-refractivity contribution >= 4 is 15.9 Å². The van der Waals surface area contributed by atoms with Gasteiger partial charge in [0.15, 0.2) is 0 Å². The number of carbonyl (C=O) groups excluding carboxylic acids is 1. The molecule has 3 N–H and O–H groups in total. The van der Waals surface area contributed by atoms with Crippen LogP contribution in [0.25, 0.3) is 0 Å². The summed E-state index contributed by atoms with van der Waals surface area (Å²) in [7, 11) is -3.41. The topological polar surface area (TPSA) is 89.3 Å². The van der Waals surface area contributed by atoms with Crippen LogP contribution in [0.2, 0.25) is 0 Å². The molecule has 1 rings (SSSR count). The van der Waals surface area contributed by atoms with Gasteiger partial charge in [-0.1, -0.05) is 13.3 Å². The van der Waals surface area contributed by atoms with E-state index in [-0.39, 0.29) is 17.7 Å². The van der Waals surface area contributed by atoms with Crippen LogP contribution in [-0.4, -0.2) is 26.1 Å². The number of nitrogens with two attached hydrogens (primary N) is 1. The predicted molar refractivity (Wildman–Crippen MR) is 57.5 cm³/mol. The van der Waals surface area contributed by atoms with Crippen LogP contribution in [0.4, 0.5) is 0 Å². The van der Waals surface area contributed by atoms with E-state index in [1.165, 1.54) is 0 Å². The number of rotatable bonds is 6. The molecule has 0 aromatic heterocycles. The predicted octanol–water partition coefficient (Wildman–Crippen LogP) is -0.0302. The van der Waals surface area contributed by atoms with E-state index in [9.17, 15) is 13.2 Å². The van der Waals surface area contributed by atoms with Crippen molar-refractivity contribution in [2.24, 2.45) is 11.7 Å². The van der Waals surface area contributed by atoms with Crippen molar-refractivity contribution in [2.75, 3.05) is 6.54 Å². The molecule has 0 aromatic rings. The van der Waals surface area contributed by atoms with Crippen LogP contribution in [0.15, 0.2) is 0 Å². The van der Waals surface area contributed by atoms with Crippen molar-refractivity contribution in [3.8, 4) is 0 Å². The van der Waals surface area contributed by atoms with E-state index in [4.69, 9.17) is 5.73 Å². The summed E-state index contributed by atoms with van der Waals surface area (Å²) in [6.45, 7) is 2.13. The van der Waals surface area contributed by atoms with Crippen molar-refractivity contribution < 1.29 is 13.2 Å². The molecule has 0 saturated heterocycles. The lowest BCUT2D eigenvalue weighted by Gasteiger charge is -2.13. The lowest BCUT2D eigenvalue weighted by Crippen LogP contribution is -2.40. The van der Waals surface area contributed by atoms with Gasteiger partial charge in [-0.3, -0.25) is 9.52 Å². The van der Waals surface area contributed by atoms with Gasteiger partial charge >= 0.3 is 0 Å². The van der Waals surface area contributed by atoms with Gasteiger partial charge < -0.3 is 5.73 Å². The smallest absolute Gasteiger partial charge is 0.237 e. The standard InChI is InChI=1S/C9H18N2O3S/c1-2-3-7(6-10)9(12)11-15(13,14)8-4-5-8/h7-8H,2-6,10H2,1H3,(H,11,12). The molecule has 6 heteroatoms. The second kappa shape index (κ2) is 4.94. The van der Waals surface area contributed by atoms with Crippen molar-refractivity contribution in [1.82, 2.24) is 4.72 Å². The summed E-state index contributed by atoms with van der Waals surface area (Å²) in [6, 6.07) is 0. The maximum atomic E-state index is 11.5. The molecule has 0 bridgehead atoms. The summed E-state index contributed by atoms with van der Waals surface area (Å²) in [5.41, 5.74) is 5.41. The molecule has 0 spiro atoms. The van der Waals surface area contributed by atoms with E-state index in [0.29, 0.717) is 19.3 Å². The van der Waals surface area contributed by atoms with Crippen LogP contribution in [0, 0.1) is 5.92 Å². The Kier molecular flexibility index (Phi) is 4.10. The molecule has 1 unspecified atom stereocenters. The third-order valence-electron chi connectivity index (χ3n) is 2.50. The minimum atomic E-state index is -3.41. The van der Waals surface area contributed by atoms with E-state index in [0.717, 1.165) is 6.42 Å². The van der Waals surface area contributed by atoms with Crippen molar-refractivity contribution in [3.63, 3.8) is 0 Å². The minimum absolute atomic E-state index is 0.194. The fraction of sp³-hybridized carbons (Fsp3) is 0.889. The number of nitrogens with one attached hydrogen (secondary N) is 1. The molecule has 0 aromatic carbocycles. The summed E-state index contributed by atoms with van der Waals surface area (Å²) in [4.78, 5) is 11.5. The summed E-state index contributed by atoms with van der Waals surface area (Å²) >= 11 is 0. The molecule has 5 nitrogen and oxygen atoms in total. The van der Waals surface area contributed by atoms with Gasteiger partial charge in [-0.2, -0.15) is 0 Å². The Hall–Kier alpha value is -0.620. The lowest BCUT2D eigenvalue weighted by molar-refractivity contribution is -0.123. The molecule has 1 aliphatic rings. The van der Waals surface area contributed by atoms with Gasteiger partial charge in [0.2, 0.25) is 15.9 Å². The second-order valence-corrected chi connectivity index (χ2v) is 5.89. The van der Waals surface area contributed by atoms with Gasteiger partial charge in [-0.15, -0.1) is 0 Å². The molecular weight excluding hydrogens is 216 g/mol. The van der Waals surface area contributed by atoms with Gasteiger partial charge in [0.25, 0.3) is 0 Å². The lowest BCUT2D eigenvalue weighted by atomic mass is 10.0. The highest BCUT2D eigenvalue weighted by Gasteiger charge is 2.37. The van der Waals surface area contributed by atoms with Crippen molar-refractivity contribution in [3.05, 3.63) is 0 Å². The Bertz CT molecular complexity index is 322.